The number of hydrogen-bond donors (Lipinski definition) is 2. The third-order valence-corrected chi connectivity index (χ3v) is 4.13. The van der Waals surface area contributed by atoms with Crippen LogP contribution >= 0.6 is 0 Å². The molecule has 2 rings (SSSR count). The minimum atomic E-state index is -1.09. The van der Waals surface area contributed by atoms with Crippen LogP contribution in [-0.2, 0) is 19.9 Å². The molecule has 130 valence electrons. The van der Waals surface area contributed by atoms with E-state index in [-0.39, 0.29) is 11.3 Å². The van der Waals surface area contributed by atoms with Crippen LogP contribution in [0.1, 0.15) is 57.0 Å². The number of carbonyl (C=O) groups excluding carboxylic acids is 1. The quantitative estimate of drug-likeness (QED) is 0.757. The lowest BCUT2D eigenvalue weighted by Gasteiger charge is -2.04. The van der Waals surface area contributed by atoms with Crippen molar-refractivity contribution in [2.75, 3.05) is 6.54 Å². The van der Waals surface area contributed by atoms with E-state index in [2.05, 4.69) is 10.4 Å². The number of aromatic nitrogens is 2. The molecule has 2 aromatic rings. The van der Waals surface area contributed by atoms with Crippen LogP contribution in [0, 0.1) is 13.8 Å². The molecule has 0 aliphatic heterocycles. The Morgan fingerprint density at radius 2 is 2.08 bits per heavy atom. The molecule has 0 spiro atoms. The molecule has 0 aliphatic carbocycles. The van der Waals surface area contributed by atoms with E-state index in [1.165, 1.54) is 11.6 Å². The van der Waals surface area contributed by atoms with Gasteiger partial charge >= 0.3 is 5.97 Å². The highest BCUT2D eigenvalue weighted by atomic mass is 16.4. The molecule has 0 atom stereocenters. The van der Waals surface area contributed by atoms with Gasteiger partial charge in [-0.15, -0.1) is 0 Å². The lowest BCUT2D eigenvalue weighted by atomic mass is 10.1. The topological polar surface area (TPSA) is 97.4 Å². The van der Waals surface area contributed by atoms with Crippen LogP contribution in [0.5, 0.6) is 0 Å². The Kier molecular flexibility index (Phi) is 5.43. The molecule has 2 aromatic heterocycles. The monoisotopic (exact) mass is 333 g/mol. The number of carbonyl (C=O) groups is 2. The first-order chi connectivity index (χ1) is 11.3. The van der Waals surface area contributed by atoms with Crippen LogP contribution in [0.3, 0.4) is 0 Å². The third-order valence-electron chi connectivity index (χ3n) is 4.13. The number of carboxylic acid groups (broad SMARTS) is 1. The van der Waals surface area contributed by atoms with Gasteiger partial charge in [0.05, 0.1) is 5.69 Å². The van der Waals surface area contributed by atoms with Gasteiger partial charge in [0, 0.05) is 31.8 Å². The minimum Gasteiger partial charge on any atom is -0.478 e. The number of hydrogen-bond acceptors (Lipinski definition) is 4. The molecular formula is C17H23N3O4. The Balaban J connectivity index is 1.91. The van der Waals surface area contributed by atoms with Gasteiger partial charge in [-0.3, -0.25) is 9.48 Å². The normalized spacial score (nSPS) is 10.8. The molecule has 0 aromatic carbocycles. The maximum absolute atomic E-state index is 12.1. The summed E-state index contributed by atoms with van der Waals surface area (Å²) in [5.41, 5.74) is 3.38. The van der Waals surface area contributed by atoms with Crippen molar-refractivity contribution in [3.05, 3.63) is 40.1 Å². The number of nitrogens with zero attached hydrogens (tertiary/aromatic N) is 2. The average Bonchev–Trinajstić information content (AvgIpc) is 3.07. The van der Waals surface area contributed by atoms with E-state index >= 15 is 0 Å². The molecule has 2 heterocycles. The smallest absolute Gasteiger partial charge is 0.339 e. The van der Waals surface area contributed by atoms with Crippen LogP contribution < -0.4 is 5.32 Å². The number of aryl methyl sites for hydroxylation is 3. The largest absolute Gasteiger partial charge is 0.478 e. The highest BCUT2D eigenvalue weighted by Gasteiger charge is 2.19. The van der Waals surface area contributed by atoms with Gasteiger partial charge in [0.1, 0.15) is 11.3 Å². The number of furan rings is 1. The van der Waals surface area contributed by atoms with Gasteiger partial charge in [-0.1, -0.05) is 6.92 Å². The molecular weight excluding hydrogens is 310 g/mol. The molecule has 2 N–H and O–H groups in total. The summed E-state index contributed by atoms with van der Waals surface area (Å²) in [6.45, 7) is 6.27. The highest BCUT2D eigenvalue weighted by molar-refractivity contribution is 5.96. The van der Waals surface area contributed by atoms with E-state index in [4.69, 9.17) is 9.52 Å². The fourth-order valence-electron chi connectivity index (χ4n) is 2.72. The zero-order valence-electron chi connectivity index (χ0n) is 14.5. The lowest BCUT2D eigenvalue weighted by Crippen LogP contribution is -2.24. The van der Waals surface area contributed by atoms with Gasteiger partial charge in [-0.25, -0.2) is 4.79 Å². The average molecular weight is 333 g/mol. The minimum absolute atomic E-state index is 0.0398. The summed E-state index contributed by atoms with van der Waals surface area (Å²) in [6, 6.07) is 1.28. The Morgan fingerprint density at radius 1 is 1.38 bits per heavy atom. The number of aromatic carboxylic acids is 1. The van der Waals surface area contributed by atoms with Crippen LogP contribution in [0.25, 0.3) is 0 Å². The molecule has 0 unspecified atom stereocenters. The van der Waals surface area contributed by atoms with Crippen LogP contribution in [0.2, 0.25) is 0 Å². The zero-order valence-corrected chi connectivity index (χ0v) is 14.5. The van der Waals surface area contributed by atoms with Crippen LogP contribution in [0.4, 0.5) is 0 Å². The molecule has 0 saturated heterocycles. The number of nitrogens with one attached hydrogen (secondary N) is 1. The number of rotatable bonds is 7. The second-order valence-electron chi connectivity index (χ2n) is 5.74. The van der Waals surface area contributed by atoms with Crippen molar-refractivity contribution in [2.45, 2.75) is 40.0 Å². The van der Waals surface area contributed by atoms with Gasteiger partial charge in [-0.05, 0) is 32.3 Å². The SMILES string of the molecule is CCc1oc(C(=O)NCCCc2c(C)nn(C)c2C)cc1C(=O)O. The maximum atomic E-state index is 12.1. The number of amides is 1. The summed E-state index contributed by atoms with van der Waals surface area (Å²) in [4.78, 5) is 23.2. The summed E-state index contributed by atoms with van der Waals surface area (Å²) in [7, 11) is 1.91. The fourth-order valence-corrected chi connectivity index (χ4v) is 2.72. The Labute approximate surface area is 140 Å². The van der Waals surface area contributed by atoms with Crippen molar-refractivity contribution in [1.29, 1.82) is 0 Å². The number of carboxylic acids is 1. The fraction of sp³-hybridized carbons (Fsp3) is 0.471. The zero-order chi connectivity index (χ0) is 17.9. The van der Waals surface area contributed by atoms with Crippen molar-refractivity contribution in [2.24, 2.45) is 7.05 Å². The second-order valence-corrected chi connectivity index (χ2v) is 5.74. The van der Waals surface area contributed by atoms with Gasteiger partial charge in [-0.2, -0.15) is 5.10 Å². The van der Waals surface area contributed by atoms with E-state index in [0.29, 0.717) is 18.7 Å². The second kappa shape index (κ2) is 7.33. The van der Waals surface area contributed by atoms with E-state index in [1.54, 1.807) is 6.92 Å². The first-order valence-electron chi connectivity index (χ1n) is 7.98. The Hall–Kier alpha value is -2.57. The third kappa shape index (κ3) is 3.67. The Bertz CT molecular complexity index is 758. The summed E-state index contributed by atoms with van der Waals surface area (Å²) in [6.07, 6.45) is 2.02. The molecule has 0 radical (unpaired) electrons. The van der Waals surface area contributed by atoms with Gasteiger partial charge < -0.3 is 14.8 Å². The van der Waals surface area contributed by atoms with Crippen LogP contribution in [0.15, 0.2) is 10.5 Å². The van der Waals surface area contributed by atoms with Crippen molar-refractivity contribution in [3.8, 4) is 0 Å². The highest BCUT2D eigenvalue weighted by Crippen LogP contribution is 2.17. The molecule has 24 heavy (non-hydrogen) atoms. The summed E-state index contributed by atoms with van der Waals surface area (Å²) in [5, 5.41) is 16.2. The predicted octanol–water partition coefficient (Wildman–Crippen LogP) is 2.25. The van der Waals surface area contributed by atoms with Crippen molar-refractivity contribution in [3.63, 3.8) is 0 Å². The van der Waals surface area contributed by atoms with Crippen molar-refractivity contribution >= 4 is 11.9 Å². The summed E-state index contributed by atoms with van der Waals surface area (Å²) in [5.74, 6) is -1.12. The van der Waals surface area contributed by atoms with E-state index in [1.807, 2.05) is 25.6 Å². The maximum Gasteiger partial charge on any atom is 0.339 e. The first-order valence-corrected chi connectivity index (χ1v) is 7.98. The summed E-state index contributed by atoms with van der Waals surface area (Å²) < 4.78 is 7.19. The van der Waals surface area contributed by atoms with Crippen LogP contribution in [-0.4, -0.2) is 33.3 Å². The molecule has 7 heteroatoms. The first kappa shape index (κ1) is 17.8. The molecule has 0 bridgehead atoms. The predicted molar refractivity (Wildman–Crippen MR) is 88.4 cm³/mol. The molecule has 7 nitrogen and oxygen atoms in total. The van der Waals surface area contributed by atoms with E-state index in [0.717, 1.165) is 24.2 Å². The molecule has 0 aliphatic rings. The van der Waals surface area contributed by atoms with Crippen molar-refractivity contribution in [1.82, 2.24) is 15.1 Å². The lowest BCUT2D eigenvalue weighted by molar-refractivity contribution is 0.0694. The van der Waals surface area contributed by atoms with Crippen molar-refractivity contribution < 1.29 is 19.1 Å². The molecule has 1 amide bonds. The van der Waals surface area contributed by atoms with E-state index in [9.17, 15) is 9.59 Å². The standard InChI is InChI=1S/C17H23N3O4/c1-5-14-13(17(22)23)9-15(24-14)16(21)18-8-6-7-12-10(2)19-20(4)11(12)3/h9H,5-8H2,1-4H3,(H,18,21)(H,22,23). The van der Waals surface area contributed by atoms with E-state index < -0.39 is 11.9 Å². The Morgan fingerprint density at radius 3 is 2.58 bits per heavy atom. The van der Waals surface area contributed by atoms with Gasteiger partial charge in [0.25, 0.3) is 5.91 Å². The van der Waals surface area contributed by atoms with Gasteiger partial charge in [0.2, 0.25) is 0 Å². The molecule has 0 saturated carbocycles. The summed E-state index contributed by atoms with van der Waals surface area (Å²) >= 11 is 0. The molecule has 0 fully saturated rings. The van der Waals surface area contributed by atoms with Gasteiger partial charge in [0.15, 0.2) is 5.76 Å².